The fraction of sp³-hybridized carbons (Fsp3) is 0.526. The lowest BCUT2D eigenvalue weighted by Crippen LogP contribution is -2.41. The molecule has 2 N–H and O–H groups in total. The molecule has 0 spiro atoms. The highest BCUT2D eigenvalue weighted by Gasteiger charge is 2.25. The van der Waals surface area contributed by atoms with Crippen LogP contribution in [-0.2, 0) is 4.74 Å². The van der Waals surface area contributed by atoms with Crippen LogP contribution in [0.4, 0.5) is 0 Å². The molecule has 3 rings (SSSR count). The van der Waals surface area contributed by atoms with Crippen molar-refractivity contribution in [3.63, 3.8) is 0 Å². The van der Waals surface area contributed by atoms with E-state index in [1.54, 1.807) is 0 Å². The normalized spacial score (nSPS) is 20.2. The maximum absolute atomic E-state index is 10.1. The number of aromatic nitrogens is 2. The van der Waals surface area contributed by atoms with Gasteiger partial charge in [-0.15, -0.1) is 0 Å². The molecule has 0 radical (unpaired) electrons. The topological polar surface area (TPSA) is 61.4 Å². The second-order valence-electron chi connectivity index (χ2n) is 6.46. The Labute approximate surface area is 143 Å². The molecule has 5 heteroatoms. The average Bonchev–Trinajstić information content (AvgIpc) is 3.11. The number of likely N-dealkylation sites (tertiary alicyclic amines) is 1. The minimum absolute atomic E-state index is 0.399. The summed E-state index contributed by atoms with van der Waals surface area (Å²) in [7, 11) is 0. The number of aromatic amines is 1. The van der Waals surface area contributed by atoms with Crippen LogP contribution in [0.15, 0.2) is 36.5 Å². The average molecular weight is 329 g/mol. The summed E-state index contributed by atoms with van der Waals surface area (Å²) in [4.78, 5) is 10.4. The molecular formula is C19H27N3O2. The van der Waals surface area contributed by atoms with Crippen LogP contribution in [-0.4, -0.2) is 58.9 Å². The van der Waals surface area contributed by atoms with Crippen LogP contribution in [0, 0.1) is 0 Å². The van der Waals surface area contributed by atoms with E-state index in [4.69, 9.17) is 4.74 Å². The number of benzene rings is 1. The minimum atomic E-state index is -0.416. The first kappa shape index (κ1) is 17.1. The largest absolute Gasteiger partial charge is 0.389 e. The van der Waals surface area contributed by atoms with Gasteiger partial charge in [0.25, 0.3) is 0 Å². The summed E-state index contributed by atoms with van der Waals surface area (Å²) < 4.78 is 5.31. The number of H-pyrrole nitrogens is 1. The van der Waals surface area contributed by atoms with Crippen LogP contribution in [0.25, 0.3) is 11.3 Å². The smallest absolute Gasteiger partial charge is 0.110 e. The maximum Gasteiger partial charge on any atom is 0.110 e. The Morgan fingerprint density at radius 3 is 3.00 bits per heavy atom. The highest BCUT2D eigenvalue weighted by Crippen LogP contribution is 2.27. The third kappa shape index (κ3) is 4.44. The van der Waals surface area contributed by atoms with E-state index in [0.717, 1.165) is 43.0 Å². The summed E-state index contributed by atoms with van der Waals surface area (Å²) in [5.41, 5.74) is 2.23. The van der Waals surface area contributed by atoms with E-state index in [-0.39, 0.29) is 0 Å². The number of nitrogens with one attached hydrogen (secondary N) is 1. The standard InChI is InChI=1S/C19H27N3O2/c1-2-24-14-17(23)13-22-10-6-9-16(12-22)19-20-11-18(21-19)15-7-4-3-5-8-15/h3-5,7-8,11,16-17,23H,2,6,9-10,12-14H2,1H3,(H,20,21)/t16-,17-/m0/s1. The van der Waals surface area contributed by atoms with Gasteiger partial charge in [0, 0.05) is 25.6 Å². The number of imidazole rings is 1. The molecule has 1 aliphatic heterocycles. The molecule has 0 saturated carbocycles. The summed E-state index contributed by atoms with van der Waals surface area (Å²) in [6.45, 7) is 5.65. The molecule has 0 amide bonds. The zero-order valence-electron chi connectivity index (χ0n) is 14.3. The summed E-state index contributed by atoms with van der Waals surface area (Å²) in [5, 5.41) is 10.1. The summed E-state index contributed by atoms with van der Waals surface area (Å²) >= 11 is 0. The molecule has 0 aliphatic carbocycles. The first-order valence-corrected chi connectivity index (χ1v) is 8.84. The molecule has 1 saturated heterocycles. The molecule has 1 fully saturated rings. The summed E-state index contributed by atoms with van der Waals surface area (Å²) in [6.07, 6.45) is 3.78. The van der Waals surface area contributed by atoms with Crippen LogP contribution in [0.3, 0.4) is 0 Å². The van der Waals surface area contributed by atoms with Crippen LogP contribution >= 0.6 is 0 Å². The van der Waals surface area contributed by atoms with Gasteiger partial charge in [-0.2, -0.15) is 0 Å². The number of nitrogens with zero attached hydrogens (tertiary/aromatic N) is 2. The van der Waals surface area contributed by atoms with Gasteiger partial charge >= 0.3 is 0 Å². The van der Waals surface area contributed by atoms with Crippen molar-refractivity contribution in [2.75, 3.05) is 32.8 Å². The summed E-state index contributed by atoms with van der Waals surface area (Å²) in [5.74, 6) is 1.45. The van der Waals surface area contributed by atoms with Gasteiger partial charge < -0.3 is 14.8 Å². The molecule has 1 aliphatic rings. The van der Waals surface area contributed by atoms with Crippen molar-refractivity contribution in [1.82, 2.24) is 14.9 Å². The fourth-order valence-corrected chi connectivity index (χ4v) is 3.36. The molecule has 2 atom stereocenters. The van der Waals surface area contributed by atoms with E-state index < -0.39 is 6.10 Å². The lowest BCUT2D eigenvalue weighted by atomic mass is 9.97. The minimum Gasteiger partial charge on any atom is -0.389 e. The van der Waals surface area contributed by atoms with Crippen molar-refractivity contribution in [2.45, 2.75) is 31.8 Å². The molecule has 2 heterocycles. The fourth-order valence-electron chi connectivity index (χ4n) is 3.36. The lowest BCUT2D eigenvalue weighted by molar-refractivity contribution is 0.0159. The third-order valence-corrected chi connectivity index (χ3v) is 4.56. The SMILES string of the molecule is CCOC[C@@H](O)CN1CCC[C@H](c2ncc(-c3ccccc3)[nH]2)C1. The van der Waals surface area contributed by atoms with Gasteiger partial charge in [-0.3, -0.25) is 4.90 Å². The van der Waals surface area contributed by atoms with Crippen LogP contribution < -0.4 is 0 Å². The van der Waals surface area contributed by atoms with Gasteiger partial charge in [0.05, 0.1) is 24.6 Å². The van der Waals surface area contributed by atoms with Crippen LogP contribution in [0.2, 0.25) is 0 Å². The molecule has 24 heavy (non-hydrogen) atoms. The zero-order valence-corrected chi connectivity index (χ0v) is 14.3. The number of piperidine rings is 1. The molecule has 130 valence electrons. The number of hydrogen-bond donors (Lipinski definition) is 2. The van der Waals surface area contributed by atoms with Crippen LogP contribution in [0.1, 0.15) is 31.5 Å². The summed E-state index contributed by atoms with van der Waals surface area (Å²) in [6, 6.07) is 10.3. The Hall–Kier alpha value is -1.69. The quantitative estimate of drug-likeness (QED) is 0.820. The molecule has 2 aromatic rings. The molecule has 0 bridgehead atoms. The van der Waals surface area contributed by atoms with Gasteiger partial charge in [0.2, 0.25) is 0 Å². The highest BCUT2D eigenvalue weighted by atomic mass is 16.5. The van der Waals surface area contributed by atoms with Gasteiger partial charge in [-0.25, -0.2) is 4.98 Å². The first-order valence-electron chi connectivity index (χ1n) is 8.84. The van der Waals surface area contributed by atoms with Crippen LogP contribution in [0.5, 0.6) is 0 Å². The molecule has 0 unspecified atom stereocenters. The van der Waals surface area contributed by atoms with E-state index in [1.165, 1.54) is 0 Å². The Kier molecular flexibility index (Phi) is 6.01. The van der Waals surface area contributed by atoms with Crippen molar-refractivity contribution in [3.8, 4) is 11.3 Å². The van der Waals surface area contributed by atoms with Gasteiger partial charge in [0.15, 0.2) is 0 Å². The molecule has 5 nitrogen and oxygen atoms in total. The predicted octanol–water partition coefficient (Wildman–Crippen LogP) is 2.65. The van der Waals surface area contributed by atoms with Crippen molar-refractivity contribution in [2.24, 2.45) is 0 Å². The number of hydrogen-bond acceptors (Lipinski definition) is 4. The third-order valence-electron chi connectivity index (χ3n) is 4.56. The lowest BCUT2D eigenvalue weighted by Gasteiger charge is -2.33. The number of ether oxygens (including phenoxy) is 1. The first-order chi connectivity index (χ1) is 11.8. The second kappa shape index (κ2) is 8.42. The number of rotatable bonds is 7. The number of aliphatic hydroxyl groups is 1. The Morgan fingerprint density at radius 2 is 2.21 bits per heavy atom. The van der Waals surface area contributed by atoms with Crippen molar-refractivity contribution < 1.29 is 9.84 Å². The van der Waals surface area contributed by atoms with E-state index >= 15 is 0 Å². The van der Waals surface area contributed by atoms with Gasteiger partial charge in [0.1, 0.15) is 5.82 Å². The molecular weight excluding hydrogens is 302 g/mol. The second-order valence-corrected chi connectivity index (χ2v) is 6.46. The number of aliphatic hydroxyl groups excluding tert-OH is 1. The Morgan fingerprint density at radius 1 is 1.38 bits per heavy atom. The van der Waals surface area contributed by atoms with E-state index in [9.17, 15) is 5.11 Å². The zero-order chi connectivity index (χ0) is 16.8. The van der Waals surface area contributed by atoms with Gasteiger partial charge in [-0.1, -0.05) is 30.3 Å². The molecule has 1 aromatic carbocycles. The predicted molar refractivity (Wildman–Crippen MR) is 94.9 cm³/mol. The number of β-amino-alcohol motifs (C(OH)–C–C–N with tert-alkyl or cyclic N) is 1. The van der Waals surface area contributed by atoms with Crippen molar-refractivity contribution in [3.05, 3.63) is 42.4 Å². The van der Waals surface area contributed by atoms with E-state index in [2.05, 4.69) is 27.0 Å². The maximum atomic E-state index is 10.1. The van der Waals surface area contributed by atoms with Crippen molar-refractivity contribution in [1.29, 1.82) is 0 Å². The van der Waals surface area contributed by atoms with Crippen molar-refractivity contribution >= 4 is 0 Å². The highest BCUT2D eigenvalue weighted by molar-refractivity contribution is 5.58. The van der Waals surface area contributed by atoms with E-state index in [0.29, 0.717) is 25.7 Å². The Balaban J connectivity index is 1.60. The Bertz CT molecular complexity index is 614. The molecule has 1 aromatic heterocycles. The monoisotopic (exact) mass is 329 g/mol. The van der Waals surface area contributed by atoms with Gasteiger partial charge in [-0.05, 0) is 31.9 Å². The van der Waals surface area contributed by atoms with E-state index in [1.807, 2.05) is 31.3 Å².